The van der Waals surface area contributed by atoms with E-state index >= 15 is 0 Å². The molecule has 0 aliphatic heterocycles. The molecule has 150 valence electrons. The largest absolute Gasteiger partial charge is 0.295 e. The summed E-state index contributed by atoms with van der Waals surface area (Å²) >= 11 is 0. The second-order valence-corrected chi connectivity index (χ2v) is 11.2. The van der Waals surface area contributed by atoms with E-state index in [-0.39, 0.29) is 0 Å². The summed E-state index contributed by atoms with van der Waals surface area (Å²) in [6, 6.07) is 2.26. The summed E-state index contributed by atoms with van der Waals surface area (Å²) in [5.74, 6) is 0. The fraction of sp³-hybridized carbons (Fsp3) is 0.0909. The minimum absolute atomic E-state index is 0.338. The molecule has 0 unspecified atom stereocenters. The third-order valence-corrected chi connectivity index (χ3v) is 6.35. The van der Waals surface area contributed by atoms with E-state index in [4.69, 9.17) is 4.55 Å². The number of rotatable bonds is 5. The quantitative estimate of drug-likeness (QED) is 0.434. The monoisotopic (exact) mass is 461 g/mol. The zero-order chi connectivity index (χ0) is 21.0. The third-order valence-electron chi connectivity index (χ3n) is 3.12. The summed E-state index contributed by atoms with van der Waals surface area (Å²) in [5, 5.41) is -1.34. The van der Waals surface area contributed by atoms with Crippen LogP contribution in [0.3, 0.4) is 0 Å². The molecule has 0 saturated carbocycles. The fourth-order valence-corrected chi connectivity index (χ4v) is 4.82. The van der Waals surface area contributed by atoms with Crippen LogP contribution in [0, 0.1) is 0 Å². The molecule has 0 atom stereocenters. The SMILES string of the molecule is CS(=O)(=O)Nc1cc(S(=O)(=O)O)c2cc(S(=O)(=O)O)cc(S(=O)(=O)O)c2c1. The highest BCUT2D eigenvalue weighted by Crippen LogP contribution is 2.34. The first kappa shape index (κ1) is 21.5. The molecule has 4 N–H and O–H groups in total. The van der Waals surface area contributed by atoms with E-state index in [1.54, 1.807) is 0 Å². The summed E-state index contributed by atoms with van der Waals surface area (Å²) in [6.07, 6.45) is 0.704. The average Bonchev–Trinajstić information content (AvgIpc) is 2.40. The van der Waals surface area contributed by atoms with Crippen LogP contribution >= 0.6 is 0 Å². The third kappa shape index (κ3) is 4.92. The Morgan fingerprint density at radius 2 is 1.11 bits per heavy atom. The molecule has 12 nitrogen and oxygen atoms in total. The van der Waals surface area contributed by atoms with Crippen molar-refractivity contribution in [2.75, 3.05) is 11.0 Å². The van der Waals surface area contributed by atoms with Gasteiger partial charge in [0.2, 0.25) is 10.0 Å². The summed E-state index contributed by atoms with van der Waals surface area (Å²) < 4.78 is 122. The molecule has 2 aromatic rings. The number of hydrogen-bond acceptors (Lipinski definition) is 8. The van der Waals surface area contributed by atoms with Gasteiger partial charge in [0, 0.05) is 10.8 Å². The van der Waals surface area contributed by atoms with E-state index in [1.807, 2.05) is 4.72 Å². The van der Waals surface area contributed by atoms with Crippen molar-refractivity contribution in [2.45, 2.75) is 14.7 Å². The Labute approximate surface area is 154 Å². The Kier molecular flexibility index (Phi) is 5.06. The normalized spacial score (nSPS) is 13.6. The lowest BCUT2D eigenvalue weighted by Crippen LogP contribution is -2.12. The molecule has 27 heavy (non-hydrogen) atoms. The topological polar surface area (TPSA) is 209 Å². The van der Waals surface area contributed by atoms with Gasteiger partial charge in [0.1, 0.15) is 9.79 Å². The van der Waals surface area contributed by atoms with Gasteiger partial charge in [-0.05, 0) is 24.3 Å². The maximum atomic E-state index is 11.6. The fourth-order valence-electron chi connectivity index (χ4n) is 2.22. The molecule has 0 aliphatic rings. The molecule has 0 heterocycles. The number of fused-ring (bicyclic) bond motifs is 1. The van der Waals surface area contributed by atoms with E-state index < -0.39 is 71.5 Å². The zero-order valence-electron chi connectivity index (χ0n) is 13.1. The van der Waals surface area contributed by atoms with Gasteiger partial charge in [-0.3, -0.25) is 18.4 Å². The molecule has 2 aromatic carbocycles. The number of benzene rings is 2. The predicted octanol–water partition coefficient (Wildman–Crippen LogP) is -0.0486. The lowest BCUT2D eigenvalue weighted by atomic mass is 10.1. The molecular weight excluding hydrogens is 450 g/mol. The molecule has 16 heteroatoms. The van der Waals surface area contributed by atoms with Gasteiger partial charge in [-0.2, -0.15) is 25.3 Å². The van der Waals surface area contributed by atoms with Crippen molar-refractivity contribution in [2.24, 2.45) is 0 Å². The van der Waals surface area contributed by atoms with Crippen LogP contribution in [-0.2, 0) is 40.4 Å². The lowest BCUT2D eigenvalue weighted by Gasteiger charge is -2.13. The Balaban J connectivity index is 3.18. The molecule has 0 bridgehead atoms. The summed E-state index contributed by atoms with van der Waals surface area (Å²) in [7, 11) is -19.3. The standard InChI is InChI=1S/C11H11NO11S4/c1-24(13,14)12-6-2-8-9(10(3-6)26(18,19)20)4-7(25(15,16)17)5-11(8)27(21,22)23/h2-5,12H,1H3,(H,15,16,17)(H,18,19,20)(H,21,22,23). The van der Waals surface area contributed by atoms with Crippen LogP contribution < -0.4 is 4.72 Å². The average molecular weight is 461 g/mol. The highest BCUT2D eigenvalue weighted by Gasteiger charge is 2.25. The first-order chi connectivity index (χ1) is 11.9. The van der Waals surface area contributed by atoms with E-state index in [2.05, 4.69) is 0 Å². The second kappa shape index (κ2) is 6.36. The van der Waals surface area contributed by atoms with Crippen molar-refractivity contribution >= 4 is 56.8 Å². The second-order valence-electron chi connectivity index (χ2n) is 5.29. The Morgan fingerprint density at radius 1 is 0.667 bits per heavy atom. The summed E-state index contributed by atoms with van der Waals surface area (Å²) in [5.41, 5.74) is -0.498. The molecule has 0 fully saturated rings. The highest BCUT2D eigenvalue weighted by atomic mass is 32.2. The molecule has 0 aromatic heterocycles. The minimum atomic E-state index is -5.16. The Bertz CT molecular complexity index is 1370. The number of anilines is 1. The molecule has 0 saturated heterocycles. The van der Waals surface area contributed by atoms with Crippen LogP contribution in [0.15, 0.2) is 39.0 Å². The number of sulfonamides is 1. The molecular formula is C11H11NO11S4. The first-order valence-corrected chi connectivity index (χ1v) is 12.6. The van der Waals surface area contributed by atoms with Crippen molar-refractivity contribution in [1.29, 1.82) is 0 Å². The first-order valence-electron chi connectivity index (χ1n) is 6.42. The highest BCUT2D eigenvalue weighted by molar-refractivity contribution is 7.92. The lowest BCUT2D eigenvalue weighted by molar-refractivity contribution is 0.478. The van der Waals surface area contributed by atoms with Crippen LogP contribution in [0.2, 0.25) is 0 Å². The van der Waals surface area contributed by atoms with Crippen molar-refractivity contribution in [3.63, 3.8) is 0 Å². The van der Waals surface area contributed by atoms with E-state index in [0.29, 0.717) is 24.5 Å². The molecule has 2 rings (SSSR count). The smallest absolute Gasteiger partial charge is 0.284 e. The van der Waals surface area contributed by atoms with Gasteiger partial charge in [-0.25, -0.2) is 8.42 Å². The number of nitrogens with one attached hydrogen (secondary N) is 1. The maximum absolute atomic E-state index is 11.6. The molecule has 0 aliphatic carbocycles. The van der Waals surface area contributed by atoms with Crippen molar-refractivity contribution in [1.82, 2.24) is 0 Å². The predicted molar refractivity (Wildman–Crippen MR) is 91.9 cm³/mol. The number of hydrogen-bond donors (Lipinski definition) is 4. The van der Waals surface area contributed by atoms with Crippen LogP contribution in [0.5, 0.6) is 0 Å². The van der Waals surface area contributed by atoms with Crippen LogP contribution in [0.4, 0.5) is 5.69 Å². The van der Waals surface area contributed by atoms with E-state index in [9.17, 15) is 42.8 Å². The zero-order valence-corrected chi connectivity index (χ0v) is 16.3. The summed E-state index contributed by atoms with van der Waals surface area (Å²) in [6.45, 7) is 0. The maximum Gasteiger partial charge on any atom is 0.295 e. The molecule has 0 spiro atoms. The molecule has 0 amide bonds. The van der Waals surface area contributed by atoms with Gasteiger partial charge in [0.15, 0.2) is 0 Å². The van der Waals surface area contributed by atoms with E-state index in [0.717, 1.165) is 6.07 Å². The van der Waals surface area contributed by atoms with Gasteiger partial charge >= 0.3 is 0 Å². The van der Waals surface area contributed by atoms with Gasteiger partial charge in [-0.1, -0.05) is 0 Å². The van der Waals surface area contributed by atoms with Gasteiger partial charge < -0.3 is 0 Å². The van der Waals surface area contributed by atoms with Crippen LogP contribution in [-0.4, -0.2) is 53.6 Å². The van der Waals surface area contributed by atoms with Crippen molar-refractivity contribution in [3.8, 4) is 0 Å². The van der Waals surface area contributed by atoms with Crippen LogP contribution in [0.25, 0.3) is 10.8 Å². The summed E-state index contributed by atoms with van der Waals surface area (Å²) in [4.78, 5) is -3.30. The van der Waals surface area contributed by atoms with Crippen LogP contribution in [0.1, 0.15) is 0 Å². The van der Waals surface area contributed by atoms with Crippen molar-refractivity contribution in [3.05, 3.63) is 24.3 Å². The van der Waals surface area contributed by atoms with Gasteiger partial charge in [0.25, 0.3) is 30.4 Å². The van der Waals surface area contributed by atoms with Gasteiger partial charge in [0.05, 0.1) is 16.8 Å². The van der Waals surface area contributed by atoms with Gasteiger partial charge in [-0.15, -0.1) is 0 Å². The molecule has 0 radical (unpaired) electrons. The minimum Gasteiger partial charge on any atom is -0.284 e. The Morgan fingerprint density at radius 3 is 1.52 bits per heavy atom. The Hall–Kier alpha value is -1.82. The van der Waals surface area contributed by atoms with Crippen molar-refractivity contribution < 1.29 is 47.3 Å². The van der Waals surface area contributed by atoms with E-state index in [1.165, 1.54) is 0 Å².